The molecular formula is C16H23NO4. The predicted octanol–water partition coefficient (Wildman–Crippen LogP) is 2.00. The molecule has 0 amide bonds. The second-order valence-corrected chi connectivity index (χ2v) is 4.10. The summed E-state index contributed by atoms with van der Waals surface area (Å²) in [7, 11) is 0. The number of esters is 2. The third-order valence-corrected chi connectivity index (χ3v) is 2.43. The molecular weight excluding hydrogens is 270 g/mol. The lowest BCUT2D eigenvalue weighted by molar-refractivity contribution is -0.147. The van der Waals surface area contributed by atoms with E-state index in [0.717, 1.165) is 4.90 Å². The van der Waals surface area contributed by atoms with Crippen molar-refractivity contribution in [2.75, 3.05) is 26.3 Å². The zero-order chi connectivity index (χ0) is 19.1. The minimum atomic E-state index is -2.97. The Balaban J connectivity index is 3.14. The van der Waals surface area contributed by atoms with Crippen LogP contribution in [0, 0.1) is 0 Å². The molecule has 0 heterocycles. The molecule has 1 aromatic carbocycles. The third-order valence-electron chi connectivity index (χ3n) is 2.43. The van der Waals surface area contributed by atoms with E-state index in [1.807, 2.05) is 0 Å². The fraction of sp³-hybridized carbons (Fsp3) is 0.500. The van der Waals surface area contributed by atoms with E-state index in [2.05, 4.69) is 4.74 Å². The zero-order valence-electron chi connectivity index (χ0n) is 16.3. The van der Waals surface area contributed by atoms with Crippen LogP contribution < -0.4 is 0 Å². The second kappa shape index (κ2) is 9.94. The van der Waals surface area contributed by atoms with Crippen LogP contribution in [-0.4, -0.2) is 43.1 Å². The first kappa shape index (κ1) is 11.7. The molecule has 0 saturated carbocycles. The summed E-state index contributed by atoms with van der Waals surface area (Å²) < 4.78 is 41.7. The molecule has 0 aromatic heterocycles. The summed E-state index contributed by atoms with van der Waals surface area (Å²) in [6, 6.07) is 8.70. The van der Waals surface area contributed by atoms with Crippen molar-refractivity contribution in [3.63, 3.8) is 0 Å². The van der Waals surface area contributed by atoms with Crippen LogP contribution in [0.4, 0.5) is 0 Å². The molecule has 21 heavy (non-hydrogen) atoms. The number of benzene rings is 1. The Hall–Kier alpha value is -1.88. The fourth-order valence-electron chi connectivity index (χ4n) is 1.59. The van der Waals surface area contributed by atoms with Gasteiger partial charge in [-0.1, -0.05) is 30.3 Å². The third kappa shape index (κ3) is 7.46. The van der Waals surface area contributed by atoms with E-state index in [9.17, 15) is 9.59 Å². The van der Waals surface area contributed by atoms with E-state index in [0.29, 0.717) is 5.56 Å². The summed E-state index contributed by atoms with van der Waals surface area (Å²) in [6.45, 7) is -0.214. The highest BCUT2D eigenvalue weighted by atomic mass is 16.5. The van der Waals surface area contributed by atoms with Crippen molar-refractivity contribution < 1.29 is 24.5 Å². The van der Waals surface area contributed by atoms with E-state index in [-0.39, 0.29) is 19.8 Å². The number of carbonyl (C=O) groups is 2. The highest BCUT2D eigenvalue weighted by Crippen LogP contribution is 2.06. The molecule has 5 nitrogen and oxygen atoms in total. The van der Waals surface area contributed by atoms with Crippen molar-refractivity contribution >= 4 is 11.9 Å². The van der Waals surface area contributed by atoms with Gasteiger partial charge in [0, 0.05) is 18.5 Å². The molecule has 0 fully saturated rings. The highest BCUT2D eigenvalue weighted by molar-refractivity contribution is 5.72. The van der Waals surface area contributed by atoms with Crippen LogP contribution in [0.2, 0.25) is 0 Å². The van der Waals surface area contributed by atoms with Gasteiger partial charge in [0.25, 0.3) is 0 Å². The normalized spacial score (nSPS) is 14.6. The number of hydrogen-bond acceptors (Lipinski definition) is 5. The quantitative estimate of drug-likeness (QED) is 0.653. The largest absolute Gasteiger partial charge is 0.466 e. The van der Waals surface area contributed by atoms with Gasteiger partial charge in [-0.05, 0) is 19.4 Å². The van der Waals surface area contributed by atoms with Gasteiger partial charge in [-0.25, -0.2) is 0 Å². The first-order valence-electron chi connectivity index (χ1n) is 8.78. The molecule has 0 aliphatic carbocycles. The van der Waals surface area contributed by atoms with Crippen molar-refractivity contribution in [2.45, 2.75) is 26.8 Å². The Bertz CT molecular complexity index is 581. The topological polar surface area (TPSA) is 55.8 Å². The van der Waals surface area contributed by atoms with E-state index >= 15 is 0 Å². The average molecular weight is 297 g/mol. The summed E-state index contributed by atoms with van der Waals surface area (Å²) in [5, 5.41) is 0. The molecule has 0 saturated heterocycles. The zero-order valence-corrected chi connectivity index (χ0v) is 12.3. The minimum absolute atomic E-state index is 0.0778. The fourth-order valence-corrected chi connectivity index (χ4v) is 1.59. The molecule has 0 spiro atoms. The Morgan fingerprint density at radius 2 is 1.71 bits per heavy atom. The number of carbonyl (C=O) groups excluding carboxylic acids is 2. The van der Waals surface area contributed by atoms with Gasteiger partial charge in [-0.3, -0.25) is 14.5 Å². The van der Waals surface area contributed by atoms with Gasteiger partial charge in [0.05, 0.1) is 26.1 Å². The summed E-state index contributed by atoms with van der Waals surface area (Å²) in [5.74, 6) is -2.02. The van der Waals surface area contributed by atoms with Gasteiger partial charge in [0.2, 0.25) is 0 Å². The molecule has 1 aromatic rings. The standard InChI is InChI=1S/C16H23NO4/c1-3-20-15(18)10-11-17(13-16(19)21-4-2)12-14-8-6-5-7-9-14/h5-9H,3-4,10-13H2,1-2H3/i10D2,11D2. The lowest BCUT2D eigenvalue weighted by Gasteiger charge is -2.21. The van der Waals surface area contributed by atoms with Crippen molar-refractivity contribution in [3.05, 3.63) is 35.9 Å². The molecule has 1 rings (SSSR count). The van der Waals surface area contributed by atoms with Gasteiger partial charge < -0.3 is 9.47 Å². The lowest BCUT2D eigenvalue weighted by Crippen LogP contribution is -2.32. The molecule has 0 aliphatic rings. The lowest BCUT2D eigenvalue weighted by atomic mass is 10.2. The highest BCUT2D eigenvalue weighted by Gasteiger charge is 2.14. The summed E-state index contributed by atoms with van der Waals surface area (Å²) >= 11 is 0. The molecule has 116 valence electrons. The number of ether oxygens (including phenoxy) is 2. The Morgan fingerprint density at radius 3 is 2.33 bits per heavy atom. The maximum absolute atomic E-state index is 11.9. The Labute approximate surface area is 131 Å². The van der Waals surface area contributed by atoms with Crippen LogP contribution in [0.25, 0.3) is 0 Å². The van der Waals surface area contributed by atoms with Crippen molar-refractivity contribution in [1.82, 2.24) is 4.90 Å². The minimum Gasteiger partial charge on any atom is -0.466 e. The Kier molecular flexibility index (Phi) is 5.56. The Morgan fingerprint density at radius 1 is 1.10 bits per heavy atom. The summed E-state index contributed by atoms with van der Waals surface area (Å²) in [6.07, 6.45) is -2.97. The first-order chi connectivity index (χ1) is 11.7. The van der Waals surface area contributed by atoms with Gasteiger partial charge in [-0.2, -0.15) is 0 Å². The SMILES string of the molecule is [2H]C([2H])(C(=O)OCC)C([2H])([2H])N(CC(=O)OCC)Cc1ccccc1. The molecule has 0 unspecified atom stereocenters. The first-order valence-corrected chi connectivity index (χ1v) is 6.78. The van der Waals surface area contributed by atoms with Gasteiger partial charge in [0.1, 0.15) is 0 Å². The number of nitrogens with zero attached hydrogens (tertiary/aromatic N) is 1. The van der Waals surface area contributed by atoms with E-state index < -0.39 is 31.4 Å². The predicted molar refractivity (Wildman–Crippen MR) is 79.6 cm³/mol. The smallest absolute Gasteiger partial charge is 0.320 e. The van der Waals surface area contributed by atoms with E-state index in [1.165, 1.54) is 6.92 Å². The summed E-state index contributed by atoms with van der Waals surface area (Å²) in [5.41, 5.74) is 0.662. The van der Waals surface area contributed by atoms with E-state index in [4.69, 9.17) is 10.2 Å². The number of rotatable bonds is 9. The molecule has 0 bridgehead atoms. The van der Waals surface area contributed by atoms with Crippen molar-refractivity contribution in [2.24, 2.45) is 0 Å². The maximum Gasteiger partial charge on any atom is 0.320 e. The van der Waals surface area contributed by atoms with E-state index in [1.54, 1.807) is 37.3 Å². The van der Waals surface area contributed by atoms with Crippen LogP contribution in [0.5, 0.6) is 0 Å². The van der Waals surface area contributed by atoms with Crippen molar-refractivity contribution in [3.8, 4) is 0 Å². The van der Waals surface area contributed by atoms with Crippen molar-refractivity contribution in [1.29, 1.82) is 0 Å². The number of hydrogen-bond donors (Lipinski definition) is 0. The van der Waals surface area contributed by atoms with Crippen LogP contribution in [0.15, 0.2) is 30.3 Å². The van der Waals surface area contributed by atoms with Crippen LogP contribution in [0.1, 0.15) is 31.3 Å². The van der Waals surface area contributed by atoms with Crippen LogP contribution >= 0.6 is 0 Å². The monoisotopic (exact) mass is 297 g/mol. The molecule has 0 atom stereocenters. The summed E-state index contributed by atoms with van der Waals surface area (Å²) in [4.78, 5) is 24.7. The second-order valence-electron chi connectivity index (χ2n) is 4.10. The maximum atomic E-state index is 11.9. The molecule has 0 radical (unpaired) electrons. The molecule has 0 aliphatic heterocycles. The molecule has 0 N–H and O–H groups in total. The van der Waals surface area contributed by atoms with Crippen LogP contribution in [-0.2, 0) is 25.6 Å². The average Bonchev–Trinajstić information content (AvgIpc) is 2.55. The van der Waals surface area contributed by atoms with Gasteiger partial charge in [-0.15, -0.1) is 0 Å². The van der Waals surface area contributed by atoms with Gasteiger partial charge in [0.15, 0.2) is 0 Å². The van der Waals surface area contributed by atoms with Gasteiger partial charge >= 0.3 is 11.9 Å². The van der Waals surface area contributed by atoms with Crippen LogP contribution in [0.3, 0.4) is 0 Å². The molecule has 5 heteroatoms.